The van der Waals surface area contributed by atoms with Crippen molar-refractivity contribution in [2.75, 3.05) is 33.9 Å². The van der Waals surface area contributed by atoms with Gasteiger partial charge in [-0.3, -0.25) is 4.99 Å². The quantitative estimate of drug-likeness (QED) is 0.234. The number of nitrogens with one attached hydrogen (secondary N) is 2. The van der Waals surface area contributed by atoms with Crippen molar-refractivity contribution in [2.45, 2.75) is 26.3 Å². The highest BCUT2D eigenvalue weighted by Crippen LogP contribution is 2.20. The monoisotopic (exact) mass is 503 g/mol. The predicted molar refractivity (Wildman–Crippen MR) is 125 cm³/mol. The fraction of sp³-hybridized carbons (Fsp3) is 0.450. The lowest BCUT2D eigenvalue weighted by atomic mass is 10.1. The van der Waals surface area contributed by atoms with Gasteiger partial charge in [-0.1, -0.05) is 19.1 Å². The molecule has 150 valence electrons. The van der Waals surface area contributed by atoms with E-state index in [2.05, 4.69) is 64.5 Å². The van der Waals surface area contributed by atoms with Crippen LogP contribution in [0.15, 0.2) is 40.0 Å². The topological polar surface area (TPSA) is 54.9 Å². The lowest BCUT2D eigenvalue weighted by molar-refractivity contribution is 0.145. The Labute approximate surface area is 183 Å². The van der Waals surface area contributed by atoms with Gasteiger partial charge in [0.1, 0.15) is 12.4 Å². The molecular weight excluding hydrogens is 473 g/mol. The number of nitrogens with zero attached hydrogens (tertiary/aromatic N) is 1. The van der Waals surface area contributed by atoms with Crippen LogP contribution >= 0.6 is 35.3 Å². The van der Waals surface area contributed by atoms with E-state index in [0.717, 1.165) is 23.8 Å². The van der Waals surface area contributed by atoms with Crippen LogP contribution in [0, 0.1) is 6.92 Å². The van der Waals surface area contributed by atoms with Gasteiger partial charge in [-0.05, 0) is 46.9 Å². The standard InChI is InChI=1S/C20H29N3O2S.HI/c1-15-5-6-17(19(11-15)25-9-8-24-4)13-23-20(21-3)22-12-16(2)18-7-10-26-14-18;/h5-7,10-11,14,16H,8-9,12-13H2,1-4H3,(H2,21,22,23);1H. The molecule has 0 aliphatic carbocycles. The van der Waals surface area contributed by atoms with Crippen molar-refractivity contribution in [3.63, 3.8) is 0 Å². The number of aliphatic imine (C=N–C) groups is 1. The third-order valence-electron chi connectivity index (χ3n) is 4.13. The van der Waals surface area contributed by atoms with Crippen LogP contribution in [-0.2, 0) is 11.3 Å². The van der Waals surface area contributed by atoms with E-state index in [1.54, 1.807) is 25.5 Å². The minimum atomic E-state index is 0. The number of halogens is 1. The summed E-state index contributed by atoms with van der Waals surface area (Å²) >= 11 is 1.73. The molecule has 1 unspecified atom stereocenters. The fourth-order valence-corrected chi connectivity index (χ4v) is 3.28. The molecule has 2 rings (SSSR count). The summed E-state index contributed by atoms with van der Waals surface area (Å²) in [4.78, 5) is 4.32. The van der Waals surface area contributed by atoms with E-state index >= 15 is 0 Å². The van der Waals surface area contributed by atoms with Crippen molar-refractivity contribution in [3.05, 3.63) is 51.7 Å². The zero-order valence-corrected chi connectivity index (χ0v) is 19.6. The van der Waals surface area contributed by atoms with E-state index in [1.807, 2.05) is 0 Å². The number of methoxy groups -OCH3 is 1. The molecule has 27 heavy (non-hydrogen) atoms. The zero-order valence-electron chi connectivity index (χ0n) is 16.5. The molecule has 0 fully saturated rings. The Morgan fingerprint density at radius 3 is 2.70 bits per heavy atom. The molecule has 2 N–H and O–H groups in total. The van der Waals surface area contributed by atoms with Crippen molar-refractivity contribution < 1.29 is 9.47 Å². The molecule has 2 aromatic rings. The molecule has 0 spiro atoms. The average Bonchev–Trinajstić information content (AvgIpc) is 3.18. The van der Waals surface area contributed by atoms with E-state index in [4.69, 9.17) is 9.47 Å². The van der Waals surface area contributed by atoms with E-state index in [-0.39, 0.29) is 24.0 Å². The number of benzene rings is 1. The third kappa shape index (κ3) is 8.06. The second-order valence-electron chi connectivity index (χ2n) is 6.22. The number of thiophene rings is 1. The van der Waals surface area contributed by atoms with Gasteiger partial charge in [0.15, 0.2) is 5.96 Å². The maximum absolute atomic E-state index is 5.85. The molecule has 7 heteroatoms. The molecule has 0 saturated carbocycles. The Kier molecular flexibility index (Phi) is 11.4. The van der Waals surface area contributed by atoms with E-state index < -0.39 is 0 Å². The Hall–Kier alpha value is -1.32. The van der Waals surface area contributed by atoms with Crippen LogP contribution in [0.4, 0.5) is 0 Å². The number of rotatable bonds is 9. The van der Waals surface area contributed by atoms with Crippen molar-refractivity contribution in [1.82, 2.24) is 10.6 Å². The van der Waals surface area contributed by atoms with Crippen molar-refractivity contribution in [2.24, 2.45) is 4.99 Å². The Morgan fingerprint density at radius 1 is 1.22 bits per heavy atom. The summed E-state index contributed by atoms with van der Waals surface area (Å²) in [6.07, 6.45) is 0. The number of guanidine groups is 1. The van der Waals surface area contributed by atoms with Crippen molar-refractivity contribution >= 4 is 41.3 Å². The Balaban J connectivity index is 0.00000364. The first-order valence-electron chi connectivity index (χ1n) is 8.82. The van der Waals surface area contributed by atoms with Gasteiger partial charge in [-0.2, -0.15) is 11.3 Å². The highest BCUT2D eigenvalue weighted by Gasteiger charge is 2.09. The number of ether oxygens (including phenoxy) is 2. The fourth-order valence-electron chi connectivity index (χ4n) is 2.50. The largest absolute Gasteiger partial charge is 0.491 e. The van der Waals surface area contributed by atoms with Gasteiger partial charge >= 0.3 is 0 Å². The summed E-state index contributed by atoms with van der Waals surface area (Å²) in [5.41, 5.74) is 3.62. The number of hydrogen-bond acceptors (Lipinski definition) is 4. The van der Waals surface area contributed by atoms with Gasteiger partial charge < -0.3 is 20.1 Å². The maximum Gasteiger partial charge on any atom is 0.191 e. The Morgan fingerprint density at radius 2 is 2.04 bits per heavy atom. The Bertz CT molecular complexity index is 693. The van der Waals surface area contributed by atoms with Crippen LogP contribution < -0.4 is 15.4 Å². The van der Waals surface area contributed by atoms with Crippen LogP contribution in [0.5, 0.6) is 5.75 Å². The van der Waals surface area contributed by atoms with Crippen LogP contribution in [0.1, 0.15) is 29.5 Å². The van der Waals surface area contributed by atoms with E-state index in [9.17, 15) is 0 Å². The first kappa shape index (κ1) is 23.7. The molecule has 1 aromatic carbocycles. The SMILES string of the molecule is CN=C(NCc1ccc(C)cc1OCCOC)NCC(C)c1ccsc1.I. The minimum Gasteiger partial charge on any atom is -0.491 e. The second kappa shape index (κ2) is 13.0. The molecule has 1 heterocycles. The summed E-state index contributed by atoms with van der Waals surface area (Å²) in [5, 5.41) is 11.1. The van der Waals surface area contributed by atoms with Crippen LogP contribution in [0.3, 0.4) is 0 Å². The molecule has 0 aliphatic heterocycles. The van der Waals surface area contributed by atoms with Gasteiger partial charge in [0.05, 0.1) is 6.61 Å². The lowest BCUT2D eigenvalue weighted by Crippen LogP contribution is -2.38. The molecule has 1 atom stereocenters. The minimum absolute atomic E-state index is 0. The summed E-state index contributed by atoms with van der Waals surface area (Å²) in [7, 11) is 3.46. The zero-order chi connectivity index (χ0) is 18.8. The molecule has 5 nitrogen and oxygen atoms in total. The summed E-state index contributed by atoms with van der Waals surface area (Å²) in [5.74, 6) is 2.11. The van der Waals surface area contributed by atoms with Crippen molar-refractivity contribution in [1.29, 1.82) is 0 Å². The maximum atomic E-state index is 5.85. The summed E-state index contributed by atoms with van der Waals surface area (Å²) < 4.78 is 10.9. The lowest BCUT2D eigenvalue weighted by Gasteiger charge is -2.17. The molecule has 0 amide bonds. The first-order valence-corrected chi connectivity index (χ1v) is 9.76. The van der Waals surface area contributed by atoms with E-state index in [0.29, 0.717) is 25.7 Å². The summed E-state index contributed by atoms with van der Waals surface area (Å²) in [6, 6.07) is 8.41. The van der Waals surface area contributed by atoms with Gasteiger partial charge in [0.25, 0.3) is 0 Å². The van der Waals surface area contributed by atoms with Gasteiger partial charge in [0.2, 0.25) is 0 Å². The van der Waals surface area contributed by atoms with Gasteiger partial charge in [-0.25, -0.2) is 0 Å². The van der Waals surface area contributed by atoms with E-state index in [1.165, 1.54) is 11.1 Å². The second-order valence-corrected chi connectivity index (χ2v) is 7.00. The van der Waals surface area contributed by atoms with Gasteiger partial charge in [0, 0.05) is 32.8 Å². The third-order valence-corrected chi connectivity index (χ3v) is 4.83. The summed E-state index contributed by atoms with van der Waals surface area (Å²) in [6.45, 7) is 6.87. The van der Waals surface area contributed by atoms with Gasteiger partial charge in [-0.15, -0.1) is 24.0 Å². The van der Waals surface area contributed by atoms with Crippen LogP contribution in [-0.4, -0.2) is 39.9 Å². The highest BCUT2D eigenvalue weighted by atomic mass is 127. The first-order chi connectivity index (χ1) is 12.6. The molecule has 0 radical (unpaired) electrons. The van der Waals surface area contributed by atoms with Crippen LogP contribution in [0.25, 0.3) is 0 Å². The smallest absolute Gasteiger partial charge is 0.191 e. The normalized spacial score (nSPS) is 12.2. The van der Waals surface area contributed by atoms with Crippen molar-refractivity contribution in [3.8, 4) is 5.75 Å². The number of aryl methyl sites for hydroxylation is 1. The highest BCUT2D eigenvalue weighted by molar-refractivity contribution is 14.0. The molecule has 0 aliphatic rings. The molecule has 0 bridgehead atoms. The molecular formula is C20H30IN3O2S. The molecule has 0 saturated heterocycles. The molecule has 1 aromatic heterocycles. The average molecular weight is 503 g/mol. The van der Waals surface area contributed by atoms with Crippen LogP contribution in [0.2, 0.25) is 0 Å². The predicted octanol–water partition coefficient (Wildman–Crippen LogP) is 4.17. The number of hydrogen-bond donors (Lipinski definition) is 2.